The van der Waals surface area contributed by atoms with Crippen molar-refractivity contribution in [3.05, 3.63) is 38.9 Å². The second-order valence-electron chi connectivity index (χ2n) is 6.20. The van der Waals surface area contributed by atoms with E-state index in [-0.39, 0.29) is 16.6 Å². The van der Waals surface area contributed by atoms with Crippen molar-refractivity contribution in [2.45, 2.75) is 20.3 Å². The molecule has 0 aliphatic carbocycles. The highest BCUT2D eigenvalue weighted by molar-refractivity contribution is 5.87. The first-order valence-corrected chi connectivity index (χ1v) is 7.36. The molecule has 116 valence electrons. The third kappa shape index (κ3) is 2.54. The fraction of sp³-hybridized carbons (Fsp3) is 0.467. The lowest BCUT2D eigenvalue weighted by atomic mass is 9.91. The maximum atomic E-state index is 11.8. The standard InChI is InChI=1S/C15H18N4O3/c1-9-3-10(2)7-18(6-9)13-5-12-11(4-14(13)19(21)22)15(20)17-8-16-12/h4-5,8-10H,3,6-7H2,1-2H3,(H,16,17,20). The zero-order valence-corrected chi connectivity index (χ0v) is 12.6. The molecule has 0 amide bonds. The van der Waals surface area contributed by atoms with Crippen LogP contribution in [0.3, 0.4) is 0 Å². The van der Waals surface area contributed by atoms with Gasteiger partial charge in [0.25, 0.3) is 11.2 Å². The van der Waals surface area contributed by atoms with Gasteiger partial charge in [0.2, 0.25) is 0 Å². The van der Waals surface area contributed by atoms with E-state index in [9.17, 15) is 14.9 Å². The molecule has 22 heavy (non-hydrogen) atoms. The van der Waals surface area contributed by atoms with Crippen molar-refractivity contribution >= 4 is 22.3 Å². The van der Waals surface area contributed by atoms with E-state index in [2.05, 4.69) is 23.8 Å². The largest absolute Gasteiger partial charge is 0.365 e. The van der Waals surface area contributed by atoms with Crippen LogP contribution in [0.15, 0.2) is 23.3 Å². The van der Waals surface area contributed by atoms with E-state index < -0.39 is 4.92 Å². The van der Waals surface area contributed by atoms with Crippen LogP contribution in [-0.2, 0) is 0 Å². The van der Waals surface area contributed by atoms with Crippen LogP contribution < -0.4 is 10.5 Å². The van der Waals surface area contributed by atoms with E-state index in [0.29, 0.717) is 23.0 Å². The van der Waals surface area contributed by atoms with Gasteiger partial charge < -0.3 is 9.88 Å². The number of rotatable bonds is 2. The molecule has 1 fully saturated rings. The van der Waals surface area contributed by atoms with Gasteiger partial charge in [-0.15, -0.1) is 0 Å². The molecule has 0 spiro atoms. The zero-order valence-electron chi connectivity index (χ0n) is 12.6. The number of H-pyrrole nitrogens is 1. The summed E-state index contributed by atoms with van der Waals surface area (Å²) in [5.41, 5.74) is 0.636. The lowest BCUT2D eigenvalue weighted by Crippen LogP contribution is -2.39. The minimum Gasteiger partial charge on any atom is -0.365 e. The molecule has 2 unspecified atom stereocenters. The van der Waals surface area contributed by atoms with Crippen molar-refractivity contribution in [3.8, 4) is 0 Å². The van der Waals surface area contributed by atoms with Gasteiger partial charge in [0.15, 0.2) is 0 Å². The number of benzene rings is 1. The first-order chi connectivity index (χ1) is 10.5. The Bertz CT molecular complexity index is 776. The summed E-state index contributed by atoms with van der Waals surface area (Å²) in [6.45, 7) is 5.86. The number of aromatic amines is 1. The van der Waals surface area contributed by atoms with E-state index in [4.69, 9.17) is 0 Å². The van der Waals surface area contributed by atoms with Crippen LogP contribution in [-0.4, -0.2) is 28.0 Å². The molecule has 1 aliphatic rings. The molecule has 0 saturated carbocycles. The van der Waals surface area contributed by atoms with E-state index in [1.54, 1.807) is 6.07 Å². The SMILES string of the molecule is CC1CC(C)CN(c2cc3nc[nH]c(=O)c3cc2[N+](=O)[O-])C1. The van der Waals surface area contributed by atoms with Crippen molar-refractivity contribution in [1.82, 2.24) is 9.97 Å². The number of nitrogens with zero attached hydrogens (tertiary/aromatic N) is 3. The summed E-state index contributed by atoms with van der Waals surface area (Å²) in [7, 11) is 0. The number of hydrogen-bond donors (Lipinski definition) is 1. The molecule has 1 aromatic heterocycles. The van der Waals surface area contributed by atoms with Gasteiger partial charge in [0.1, 0.15) is 5.69 Å². The molecule has 7 heteroatoms. The molecule has 3 rings (SSSR count). The topological polar surface area (TPSA) is 92.1 Å². The Morgan fingerprint density at radius 1 is 1.32 bits per heavy atom. The zero-order chi connectivity index (χ0) is 15.9. The van der Waals surface area contributed by atoms with E-state index in [1.165, 1.54) is 12.4 Å². The van der Waals surface area contributed by atoms with Gasteiger partial charge in [-0.1, -0.05) is 13.8 Å². The molecule has 2 heterocycles. The number of fused-ring (bicyclic) bond motifs is 1. The van der Waals surface area contributed by atoms with Gasteiger partial charge in [0, 0.05) is 19.2 Å². The molecule has 2 aromatic rings. The second-order valence-corrected chi connectivity index (χ2v) is 6.20. The summed E-state index contributed by atoms with van der Waals surface area (Å²) in [6.07, 6.45) is 2.44. The van der Waals surface area contributed by atoms with Crippen LogP contribution in [0.2, 0.25) is 0 Å². The average Bonchev–Trinajstić information content (AvgIpc) is 2.45. The summed E-state index contributed by atoms with van der Waals surface area (Å²) in [4.78, 5) is 31.4. The number of anilines is 1. The molecule has 1 aromatic carbocycles. The minimum absolute atomic E-state index is 0.0349. The Morgan fingerprint density at radius 2 is 2.00 bits per heavy atom. The lowest BCUT2D eigenvalue weighted by molar-refractivity contribution is -0.384. The third-order valence-electron chi connectivity index (χ3n) is 4.14. The highest BCUT2D eigenvalue weighted by Gasteiger charge is 2.28. The highest BCUT2D eigenvalue weighted by atomic mass is 16.6. The van der Waals surface area contributed by atoms with Crippen molar-refractivity contribution in [2.75, 3.05) is 18.0 Å². The van der Waals surface area contributed by atoms with E-state index in [0.717, 1.165) is 19.5 Å². The van der Waals surface area contributed by atoms with Crippen LogP contribution in [0, 0.1) is 22.0 Å². The summed E-state index contributed by atoms with van der Waals surface area (Å²) in [5, 5.41) is 11.7. The second kappa shape index (κ2) is 5.40. The first-order valence-electron chi connectivity index (χ1n) is 7.36. The maximum Gasteiger partial charge on any atom is 0.293 e. The van der Waals surface area contributed by atoms with Crippen LogP contribution in [0.4, 0.5) is 11.4 Å². The van der Waals surface area contributed by atoms with Crippen molar-refractivity contribution in [2.24, 2.45) is 11.8 Å². The molecule has 0 bridgehead atoms. The Morgan fingerprint density at radius 3 is 2.64 bits per heavy atom. The molecule has 2 atom stereocenters. The highest BCUT2D eigenvalue weighted by Crippen LogP contribution is 2.35. The van der Waals surface area contributed by atoms with Crippen LogP contribution in [0.25, 0.3) is 10.9 Å². The Kier molecular flexibility index (Phi) is 3.56. The molecule has 1 N–H and O–H groups in total. The first kappa shape index (κ1) is 14.5. The summed E-state index contributed by atoms with van der Waals surface area (Å²) in [6, 6.07) is 2.99. The summed E-state index contributed by atoms with van der Waals surface area (Å²) >= 11 is 0. The fourth-order valence-corrected chi connectivity index (χ4v) is 3.35. The number of nitrogens with one attached hydrogen (secondary N) is 1. The Labute approximate surface area is 127 Å². The van der Waals surface area contributed by atoms with Gasteiger partial charge in [-0.05, 0) is 24.3 Å². The molecule has 7 nitrogen and oxygen atoms in total. The number of aromatic nitrogens is 2. The van der Waals surface area contributed by atoms with Gasteiger partial charge in [0.05, 0.1) is 22.2 Å². The molecular weight excluding hydrogens is 284 g/mol. The predicted octanol–water partition coefficient (Wildman–Crippen LogP) is 2.31. The van der Waals surface area contributed by atoms with Gasteiger partial charge >= 0.3 is 0 Å². The Hall–Kier alpha value is -2.44. The quantitative estimate of drug-likeness (QED) is 0.679. The van der Waals surface area contributed by atoms with Crippen molar-refractivity contribution < 1.29 is 4.92 Å². The van der Waals surface area contributed by atoms with Crippen LogP contribution in [0.1, 0.15) is 20.3 Å². The monoisotopic (exact) mass is 302 g/mol. The third-order valence-corrected chi connectivity index (χ3v) is 4.14. The van der Waals surface area contributed by atoms with Crippen molar-refractivity contribution in [3.63, 3.8) is 0 Å². The van der Waals surface area contributed by atoms with Crippen molar-refractivity contribution in [1.29, 1.82) is 0 Å². The maximum absolute atomic E-state index is 11.8. The number of nitro benzene ring substituents is 1. The molecule has 1 aliphatic heterocycles. The average molecular weight is 302 g/mol. The minimum atomic E-state index is -0.425. The molecule has 1 saturated heterocycles. The van der Waals surface area contributed by atoms with E-state index in [1.807, 2.05) is 4.90 Å². The van der Waals surface area contributed by atoms with Crippen LogP contribution >= 0.6 is 0 Å². The van der Waals surface area contributed by atoms with Gasteiger partial charge in [-0.25, -0.2) is 4.98 Å². The number of piperidine rings is 1. The van der Waals surface area contributed by atoms with Gasteiger partial charge in [-0.3, -0.25) is 14.9 Å². The number of hydrogen-bond acceptors (Lipinski definition) is 5. The van der Waals surface area contributed by atoms with Gasteiger partial charge in [-0.2, -0.15) is 0 Å². The smallest absolute Gasteiger partial charge is 0.293 e. The molecule has 0 radical (unpaired) electrons. The predicted molar refractivity (Wildman–Crippen MR) is 84.2 cm³/mol. The molecular formula is C15H18N4O3. The fourth-order valence-electron chi connectivity index (χ4n) is 3.35. The van der Waals surface area contributed by atoms with Crippen LogP contribution in [0.5, 0.6) is 0 Å². The summed E-state index contributed by atoms with van der Waals surface area (Å²) < 4.78 is 0. The van der Waals surface area contributed by atoms with E-state index >= 15 is 0 Å². The summed E-state index contributed by atoms with van der Waals surface area (Å²) in [5.74, 6) is 0.956. The normalized spacial score (nSPS) is 22.0. The Balaban J connectivity index is 2.17. The lowest BCUT2D eigenvalue weighted by Gasteiger charge is -2.36. The number of nitro groups is 1.